The van der Waals surface area contributed by atoms with Crippen LogP contribution in [0.2, 0.25) is 0 Å². The molecule has 1 heterocycles. The first-order valence-electron chi connectivity index (χ1n) is 10.6. The summed E-state index contributed by atoms with van der Waals surface area (Å²) < 4.78 is 5.84. The van der Waals surface area contributed by atoms with Gasteiger partial charge in [0.25, 0.3) is 5.91 Å². The van der Waals surface area contributed by atoms with Crippen LogP contribution in [-0.4, -0.2) is 17.5 Å². The Bertz CT molecular complexity index is 1260. The van der Waals surface area contributed by atoms with Crippen LogP contribution in [-0.2, 0) is 0 Å². The molecule has 0 fully saturated rings. The first-order valence-corrected chi connectivity index (χ1v) is 10.6. The molecule has 1 unspecified atom stereocenters. The molecule has 32 heavy (non-hydrogen) atoms. The molecule has 0 aliphatic rings. The first kappa shape index (κ1) is 21.1. The van der Waals surface area contributed by atoms with Crippen LogP contribution in [0, 0.1) is 11.3 Å². The Hall–Kier alpha value is -4.17. The largest absolute Gasteiger partial charge is 0.476 e. The molecule has 1 atom stereocenters. The van der Waals surface area contributed by atoms with Gasteiger partial charge in [0.2, 0.25) is 0 Å². The van der Waals surface area contributed by atoms with Crippen molar-refractivity contribution >= 4 is 16.8 Å². The predicted molar refractivity (Wildman–Crippen MR) is 125 cm³/mol. The topological polar surface area (TPSA) is 75.0 Å². The predicted octanol–water partition coefficient (Wildman–Crippen LogP) is 5.69. The molecule has 1 aromatic heterocycles. The summed E-state index contributed by atoms with van der Waals surface area (Å²) in [7, 11) is 0. The van der Waals surface area contributed by atoms with Gasteiger partial charge in [-0.05, 0) is 18.1 Å². The van der Waals surface area contributed by atoms with Crippen LogP contribution in [0.15, 0.2) is 84.9 Å². The summed E-state index contributed by atoms with van der Waals surface area (Å²) >= 11 is 0. The third-order valence-corrected chi connectivity index (χ3v) is 5.32. The van der Waals surface area contributed by atoms with Gasteiger partial charge < -0.3 is 10.1 Å². The van der Waals surface area contributed by atoms with Crippen molar-refractivity contribution in [1.82, 2.24) is 10.3 Å². The molecule has 0 saturated heterocycles. The summed E-state index contributed by atoms with van der Waals surface area (Å²) in [6.45, 7) is 1.85. The van der Waals surface area contributed by atoms with E-state index in [9.17, 15) is 4.79 Å². The van der Waals surface area contributed by atoms with Gasteiger partial charge in [0.05, 0.1) is 17.1 Å². The zero-order chi connectivity index (χ0) is 22.3. The zero-order valence-electron chi connectivity index (χ0n) is 17.8. The number of benzene rings is 3. The van der Waals surface area contributed by atoms with Crippen molar-refractivity contribution in [2.45, 2.75) is 19.4 Å². The summed E-state index contributed by atoms with van der Waals surface area (Å²) in [6.07, 6.45) is 0.735. The van der Waals surface area contributed by atoms with Gasteiger partial charge >= 0.3 is 0 Å². The highest BCUT2D eigenvalue weighted by molar-refractivity contribution is 6.10. The number of amides is 1. The van der Waals surface area contributed by atoms with Crippen molar-refractivity contribution in [2.24, 2.45) is 0 Å². The number of aromatic nitrogens is 1. The lowest BCUT2D eigenvalue weighted by atomic mass is 10.00. The van der Waals surface area contributed by atoms with Gasteiger partial charge in [0, 0.05) is 10.9 Å². The fraction of sp³-hybridized carbons (Fsp3) is 0.148. The van der Waals surface area contributed by atoms with E-state index < -0.39 is 0 Å². The van der Waals surface area contributed by atoms with Crippen molar-refractivity contribution in [3.63, 3.8) is 0 Å². The fourth-order valence-corrected chi connectivity index (χ4v) is 3.79. The number of pyridine rings is 1. The number of carbonyl (C=O) groups is 1. The molecule has 4 aromatic rings. The molecule has 5 nitrogen and oxygen atoms in total. The Balaban J connectivity index is 1.88. The second kappa shape index (κ2) is 9.76. The SMILES string of the molecule is CCC(NC(=O)c1c(OCC#N)c(-c2ccccc2)nc2ccccc12)c1ccccc1. The van der Waals surface area contributed by atoms with E-state index >= 15 is 0 Å². The maximum Gasteiger partial charge on any atom is 0.256 e. The number of para-hydroxylation sites is 1. The summed E-state index contributed by atoms with van der Waals surface area (Å²) in [5.74, 6) is 0.0567. The second-order valence-corrected chi connectivity index (χ2v) is 7.34. The van der Waals surface area contributed by atoms with Gasteiger partial charge in [-0.25, -0.2) is 4.98 Å². The maximum atomic E-state index is 13.7. The lowest BCUT2D eigenvalue weighted by Crippen LogP contribution is -2.29. The number of ether oxygens (including phenoxy) is 1. The minimum absolute atomic E-state index is 0.153. The fourth-order valence-electron chi connectivity index (χ4n) is 3.79. The van der Waals surface area contributed by atoms with Crippen molar-refractivity contribution in [3.05, 3.63) is 96.1 Å². The molecule has 0 aliphatic heterocycles. The third kappa shape index (κ3) is 4.30. The van der Waals surface area contributed by atoms with Crippen LogP contribution in [0.5, 0.6) is 5.75 Å². The first-order chi connectivity index (χ1) is 15.7. The van der Waals surface area contributed by atoms with Gasteiger partial charge in [-0.1, -0.05) is 85.8 Å². The standard InChI is InChI=1S/C27H23N3O2/c1-2-22(19-11-5-3-6-12-19)30-27(31)24-21-15-9-10-16-23(21)29-25(26(24)32-18-17-28)20-13-7-4-8-14-20/h3-16,22H,2,18H2,1H3,(H,30,31). The molecule has 0 spiro atoms. The van der Waals surface area contributed by atoms with Crippen LogP contribution >= 0.6 is 0 Å². The molecule has 0 bridgehead atoms. The van der Waals surface area contributed by atoms with E-state index in [1.54, 1.807) is 0 Å². The van der Waals surface area contributed by atoms with Crippen molar-refractivity contribution in [2.75, 3.05) is 6.61 Å². The zero-order valence-corrected chi connectivity index (χ0v) is 17.8. The second-order valence-electron chi connectivity index (χ2n) is 7.34. The summed E-state index contributed by atoms with van der Waals surface area (Å²) in [5, 5.41) is 13.0. The number of nitrogens with one attached hydrogen (secondary N) is 1. The summed E-state index contributed by atoms with van der Waals surface area (Å²) in [4.78, 5) is 18.5. The van der Waals surface area contributed by atoms with E-state index in [4.69, 9.17) is 15.0 Å². The molecule has 0 radical (unpaired) electrons. The third-order valence-electron chi connectivity index (χ3n) is 5.32. The number of fused-ring (bicyclic) bond motifs is 1. The van der Waals surface area contributed by atoms with E-state index in [2.05, 4.69) is 5.32 Å². The summed E-state index contributed by atoms with van der Waals surface area (Å²) in [5.41, 5.74) is 3.46. The van der Waals surface area contributed by atoms with Crippen LogP contribution in [0.3, 0.4) is 0 Å². The van der Waals surface area contributed by atoms with E-state index in [0.717, 1.165) is 17.5 Å². The number of hydrogen-bond acceptors (Lipinski definition) is 4. The average molecular weight is 422 g/mol. The van der Waals surface area contributed by atoms with E-state index in [1.807, 2.05) is 97.9 Å². The molecule has 3 aromatic carbocycles. The van der Waals surface area contributed by atoms with Gasteiger partial charge in [-0.3, -0.25) is 4.79 Å². The van der Waals surface area contributed by atoms with Crippen molar-refractivity contribution in [3.8, 4) is 23.1 Å². The molecular weight excluding hydrogens is 398 g/mol. The molecule has 158 valence electrons. The molecule has 1 N–H and O–H groups in total. The molecular formula is C27H23N3O2. The number of nitriles is 1. The Morgan fingerprint density at radius 3 is 2.34 bits per heavy atom. The van der Waals surface area contributed by atoms with Gasteiger partial charge in [-0.2, -0.15) is 5.26 Å². The summed E-state index contributed by atoms with van der Waals surface area (Å²) in [6, 6.07) is 28.8. The lowest BCUT2D eigenvalue weighted by Gasteiger charge is -2.21. The molecule has 4 rings (SSSR count). The van der Waals surface area contributed by atoms with Crippen LogP contribution in [0.25, 0.3) is 22.2 Å². The number of nitrogens with zero attached hydrogens (tertiary/aromatic N) is 2. The number of hydrogen-bond donors (Lipinski definition) is 1. The van der Waals surface area contributed by atoms with Crippen molar-refractivity contribution < 1.29 is 9.53 Å². The van der Waals surface area contributed by atoms with Crippen LogP contribution < -0.4 is 10.1 Å². The van der Waals surface area contributed by atoms with Crippen LogP contribution in [0.1, 0.15) is 35.3 Å². The molecule has 5 heteroatoms. The highest BCUT2D eigenvalue weighted by Gasteiger charge is 2.25. The Kier molecular flexibility index (Phi) is 6.43. The smallest absolute Gasteiger partial charge is 0.256 e. The van der Waals surface area contributed by atoms with E-state index in [1.165, 1.54) is 0 Å². The number of carbonyl (C=O) groups excluding carboxylic acids is 1. The van der Waals surface area contributed by atoms with E-state index in [0.29, 0.717) is 27.9 Å². The maximum absolute atomic E-state index is 13.7. The lowest BCUT2D eigenvalue weighted by molar-refractivity contribution is 0.0934. The highest BCUT2D eigenvalue weighted by Crippen LogP contribution is 2.37. The van der Waals surface area contributed by atoms with Gasteiger partial charge in [-0.15, -0.1) is 0 Å². The van der Waals surface area contributed by atoms with Crippen LogP contribution in [0.4, 0.5) is 0 Å². The van der Waals surface area contributed by atoms with E-state index in [-0.39, 0.29) is 18.6 Å². The van der Waals surface area contributed by atoms with Gasteiger partial charge in [0.1, 0.15) is 11.8 Å². The quantitative estimate of drug-likeness (QED) is 0.416. The Morgan fingerprint density at radius 2 is 1.66 bits per heavy atom. The molecule has 0 aliphatic carbocycles. The molecule has 0 saturated carbocycles. The minimum atomic E-state index is -0.260. The Labute approximate surface area is 187 Å². The highest BCUT2D eigenvalue weighted by atomic mass is 16.5. The number of rotatable bonds is 7. The molecule has 1 amide bonds. The van der Waals surface area contributed by atoms with Crippen molar-refractivity contribution in [1.29, 1.82) is 5.26 Å². The normalized spacial score (nSPS) is 11.5. The average Bonchev–Trinajstić information content (AvgIpc) is 2.86. The monoisotopic (exact) mass is 421 g/mol. The minimum Gasteiger partial charge on any atom is -0.476 e. The Morgan fingerprint density at radius 1 is 1.00 bits per heavy atom. The van der Waals surface area contributed by atoms with Gasteiger partial charge in [0.15, 0.2) is 12.4 Å².